The Kier molecular flexibility index (Phi) is 4.55. The topological polar surface area (TPSA) is 29.5 Å². The zero-order valence-electron chi connectivity index (χ0n) is 9.40. The monoisotopic (exact) mass is 199 g/mol. The van der Waals surface area contributed by atoms with E-state index in [-0.39, 0.29) is 12.0 Å². The first kappa shape index (κ1) is 11.7. The third kappa shape index (κ3) is 2.79. The Morgan fingerprint density at radius 1 is 1.64 bits per heavy atom. The van der Waals surface area contributed by atoms with Crippen LogP contribution in [-0.4, -0.2) is 44.0 Å². The Labute approximate surface area is 86.4 Å². The maximum Gasteiger partial charge on any atom is 0.125 e. The van der Waals surface area contributed by atoms with Crippen molar-refractivity contribution in [3.05, 3.63) is 0 Å². The molecule has 1 rings (SSSR count). The van der Waals surface area contributed by atoms with Gasteiger partial charge in [0.15, 0.2) is 0 Å². The minimum absolute atomic E-state index is 0.00833. The third-order valence-corrected chi connectivity index (χ3v) is 3.28. The van der Waals surface area contributed by atoms with E-state index in [9.17, 15) is 4.79 Å². The Morgan fingerprint density at radius 2 is 2.36 bits per heavy atom. The molecule has 14 heavy (non-hydrogen) atoms. The Morgan fingerprint density at radius 3 is 2.79 bits per heavy atom. The van der Waals surface area contributed by atoms with Crippen LogP contribution in [0.3, 0.4) is 0 Å². The molecular formula is C11H21NO2. The van der Waals surface area contributed by atoms with E-state index in [2.05, 4.69) is 11.9 Å². The van der Waals surface area contributed by atoms with Gasteiger partial charge in [-0.25, -0.2) is 0 Å². The second kappa shape index (κ2) is 5.47. The largest absolute Gasteiger partial charge is 0.381 e. The van der Waals surface area contributed by atoms with Crippen LogP contribution in [0.5, 0.6) is 0 Å². The predicted octanol–water partition coefficient (Wildman–Crippen LogP) is 1.32. The molecule has 0 aromatic carbocycles. The lowest BCUT2D eigenvalue weighted by Gasteiger charge is -2.26. The fourth-order valence-electron chi connectivity index (χ4n) is 2.16. The van der Waals surface area contributed by atoms with Gasteiger partial charge in [-0.05, 0) is 32.9 Å². The van der Waals surface area contributed by atoms with Gasteiger partial charge < -0.3 is 14.4 Å². The average Bonchev–Trinajstić information content (AvgIpc) is 2.59. The molecule has 0 bridgehead atoms. The van der Waals surface area contributed by atoms with Gasteiger partial charge >= 0.3 is 0 Å². The van der Waals surface area contributed by atoms with Crippen LogP contribution >= 0.6 is 0 Å². The molecule has 0 N–H and O–H groups in total. The van der Waals surface area contributed by atoms with Crippen LogP contribution in [0.4, 0.5) is 0 Å². The lowest BCUT2D eigenvalue weighted by molar-refractivity contribution is -0.114. The highest BCUT2D eigenvalue weighted by Crippen LogP contribution is 2.22. The number of likely N-dealkylation sites (tertiary alicyclic amines) is 1. The van der Waals surface area contributed by atoms with Crippen molar-refractivity contribution in [3.8, 4) is 0 Å². The molecule has 1 aliphatic rings. The van der Waals surface area contributed by atoms with Gasteiger partial charge in [-0.3, -0.25) is 0 Å². The van der Waals surface area contributed by atoms with Crippen LogP contribution in [0.25, 0.3) is 0 Å². The molecule has 3 unspecified atom stereocenters. The maximum absolute atomic E-state index is 10.7. The third-order valence-electron chi connectivity index (χ3n) is 3.28. The van der Waals surface area contributed by atoms with Crippen molar-refractivity contribution in [2.45, 2.75) is 38.3 Å². The minimum Gasteiger partial charge on any atom is -0.381 e. The molecule has 1 aliphatic heterocycles. The highest BCUT2D eigenvalue weighted by Gasteiger charge is 2.26. The summed E-state index contributed by atoms with van der Waals surface area (Å²) in [6.07, 6.45) is 4.56. The molecule has 0 spiro atoms. The standard InChI is InChI=1S/C11H21NO2/c1-9(8-13)11(14-3)7-10-5-4-6-12(10)2/h8-11H,4-7H2,1-3H3. The molecule has 0 radical (unpaired) electrons. The number of nitrogens with zero attached hydrogens (tertiary/aromatic N) is 1. The summed E-state index contributed by atoms with van der Waals surface area (Å²) in [6.45, 7) is 3.10. The van der Waals surface area contributed by atoms with Crippen molar-refractivity contribution in [2.24, 2.45) is 5.92 Å². The van der Waals surface area contributed by atoms with Crippen molar-refractivity contribution in [3.63, 3.8) is 0 Å². The number of aldehydes is 1. The van der Waals surface area contributed by atoms with Crippen molar-refractivity contribution < 1.29 is 9.53 Å². The van der Waals surface area contributed by atoms with E-state index in [1.807, 2.05) is 6.92 Å². The van der Waals surface area contributed by atoms with Gasteiger partial charge in [0.25, 0.3) is 0 Å². The second-order valence-electron chi connectivity index (χ2n) is 4.28. The first-order chi connectivity index (χ1) is 6.69. The summed E-state index contributed by atoms with van der Waals surface area (Å²) < 4.78 is 5.36. The fraction of sp³-hybridized carbons (Fsp3) is 0.909. The fourth-order valence-corrected chi connectivity index (χ4v) is 2.16. The van der Waals surface area contributed by atoms with E-state index in [0.717, 1.165) is 12.7 Å². The molecule has 0 amide bonds. The Balaban J connectivity index is 2.43. The zero-order valence-corrected chi connectivity index (χ0v) is 9.40. The molecule has 1 fully saturated rings. The van der Waals surface area contributed by atoms with Crippen molar-refractivity contribution >= 4 is 6.29 Å². The van der Waals surface area contributed by atoms with Crippen LogP contribution in [0.2, 0.25) is 0 Å². The van der Waals surface area contributed by atoms with Crippen LogP contribution in [0.15, 0.2) is 0 Å². The van der Waals surface area contributed by atoms with Crippen LogP contribution < -0.4 is 0 Å². The van der Waals surface area contributed by atoms with E-state index >= 15 is 0 Å². The predicted molar refractivity (Wildman–Crippen MR) is 56.3 cm³/mol. The molecule has 3 atom stereocenters. The van der Waals surface area contributed by atoms with E-state index in [4.69, 9.17) is 4.74 Å². The molecule has 0 aromatic heterocycles. The number of carbonyl (C=O) groups is 1. The van der Waals surface area contributed by atoms with Crippen molar-refractivity contribution in [1.29, 1.82) is 0 Å². The minimum atomic E-state index is 0.00833. The van der Waals surface area contributed by atoms with Gasteiger partial charge in [-0.2, -0.15) is 0 Å². The summed E-state index contributed by atoms with van der Waals surface area (Å²) in [5.74, 6) is 0.00833. The Bertz CT molecular complexity index is 184. The van der Waals surface area contributed by atoms with Gasteiger partial charge in [0.1, 0.15) is 6.29 Å². The van der Waals surface area contributed by atoms with Crippen LogP contribution in [0, 0.1) is 5.92 Å². The molecule has 3 nitrogen and oxygen atoms in total. The summed E-state index contributed by atoms with van der Waals surface area (Å²) in [4.78, 5) is 13.0. The van der Waals surface area contributed by atoms with Crippen LogP contribution in [0.1, 0.15) is 26.2 Å². The van der Waals surface area contributed by atoms with E-state index in [1.54, 1.807) is 7.11 Å². The van der Waals surface area contributed by atoms with Crippen molar-refractivity contribution in [1.82, 2.24) is 4.90 Å². The van der Waals surface area contributed by atoms with Gasteiger partial charge in [-0.15, -0.1) is 0 Å². The first-order valence-electron chi connectivity index (χ1n) is 5.37. The maximum atomic E-state index is 10.7. The van der Waals surface area contributed by atoms with E-state index < -0.39 is 0 Å². The number of hydrogen-bond acceptors (Lipinski definition) is 3. The van der Waals surface area contributed by atoms with Crippen molar-refractivity contribution in [2.75, 3.05) is 20.7 Å². The molecule has 1 saturated heterocycles. The lowest BCUT2D eigenvalue weighted by Crippen LogP contribution is -2.33. The smallest absolute Gasteiger partial charge is 0.125 e. The number of methoxy groups -OCH3 is 1. The van der Waals surface area contributed by atoms with E-state index in [1.165, 1.54) is 19.4 Å². The quantitative estimate of drug-likeness (QED) is 0.625. The molecule has 82 valence electrons. The molecule has 0 saturated carbocycles. The SMILES string of the molecule is COC(CC1CCCN1C)C(C)C=O. The molecule has 0 aliphatic carbocycles. The van der Waals surface area contributed by atoms with Gasteiger partial charge in [0.2, 0.25) is 0 Å². The molecular weight excluding hydrogens is 178 g/mol. The number of rotatable bonds is 5. The van der Waals surface area contributed by atoms with Crippen LogP contribution in [-0.2, 0) is 9.53 Å². The summed E-state index contributed by atoms with van der Waals surface area (Å²) in [7, 11) is 3.84. The first-order valence-corrected chi connectivity index (χ1v) is 5.37. The summed E-state index contributed by atoms with van der Waals surface area (Å²) in [5, 5.41) is 0. The summed E-state index contributed by atoms with van der Waals surface area (Å²) in [5.41, 5.74) is 0. The van der Waals surface area contributed by atoms with E-state index in [0.29, 0.717) is 6.04 Å². The highest BCUT2D eigenvalue weighted by atomic mass is 16.5. The number of carbonyl (C=O) groups excluding carboxylic acids is 1. The lowest BCUT2D eigenvalue weighted by atomic mass is 9.98. The molecule has 1 heterocycles. The van der Waals surface area contributed by atoms with Gasteiger partial charge in [0.05, 0.1) is 6.10 Å². The number of ether oxygens (including phenoxy) is 1. The highest BCUT2D eigenvalue weighted by molar-refractivity contribution is 5.53. The zero-order chi connectivity index (χ0) is 10.6. The summed E-state index contributed by atoms with van der Waals surface area (Å²) in [6, 6.07) is 0.599. The normalized spacial score (nSPS) is 27.5. The second-order valence-corrected chi connectivity index (χ2v) is 4.28. The number of hydrogen-bond donors (Lipinski definition) is 0. The Hall–Kier alpha value is -0.410. The average molecular weight is 199 g/mol. The summed E-state index contributed by atoms with van der Waals surface area (Å²) >= 11 is 0. The van der Waals surface area contributed by atoms with Gasteiger partial charge in [-0.1, -0.05) is 6.92 Å². The van der Waals surface area contributed by atoms with Gasteiger partial charge in [0, 0.05) is 19.1 Å². The molecule has 3 heteroatoms. The molecule has 0 aromatic rings.